The third-order valence-corrected chi connectivity index (χ3v) is 3.38. The molecule has 1 unspecified atom stereocenters. The Morgan fingerprint density at radius 1 is 1.43 bits per heavy atom. The highest BCUT2D eigenvalue weighted by atomic mass is 16.5. The average molecular weight is 294 g/mol. The molecular formula is C16H26N2O3. The van der Waals surface area contributed by atoms with Crippen molar-refractivity contribution < 1.29 is 14.6 Å². The van der Waals surface area contributed by atoms with Gasteiger partial charge in [0.15, 0.2) is 0 Å². The third-order valence-electron chi connectivity index (χ3n) is 3.38. The number of hydrogen-bond donors (Lipinski definition) is 3. The van der Waals surface area contributed by atoms with E-state index in [0.29, 0.717) is 13.1 Å². The van der Waals surface area contributed by atoms with E-state index in [2.05, 4.69) is 5.32 Å². The molecule has 0 bridgehead atoms. The summed E-state index contributed by atoms with van der Waals surface area (Å²) in [6.45, 7) is 8.50. The van der Waals surface area contributed by atoms with Gasteiger partial charge < -0.3 is 20.9 Å². The monoisotopic (exact) mass is 294 g/mol. The number of rotatable bonds is 8. The molecule has 0 saturated carbocycles. The number of nitrogens with one attached hydrogen (secondary N) is 1. The number of ether oxygens (including phenoxy) is 1. The molecule has 0 fully saturated rings. The highest BCUT2D eigenvalue weighted by Crippen LogP contribution is 2.18. The Labute approximate surface area is 126 Å². The van der Waals surface area contributed by atoms with E-state index >= 15 is 0 Å². The number of amides is 1. The standard InChI is InChI=1S/C16H26N2O3/c1-11-5-6-14(12(2)7-11)21-9-13(19)8-18-10-16(3,4)15(17)20/h5-7,13,18-19H,8-10H2,1-4H3,(H2,17,20). The number of hydrogen-bond acceptors (Lipinski definition) is 4. The van der Waals surface area contributed by atoms with Gasteiger partial charge in [-0.1, -0.05) is 17.7 Å². The number of aliphatic hydroxyl groups is 1. The number of carbonyl (C=O) groups excluding carboxylic acids is 1. The van der Waals surface area contributed by atoms with Crippen molar-refractivity contribution in [2.45, 2.75) is 33.8 Å². The third kappa shape index (κ3) is 5.73. The summed E-state index contributed by atoms with van der Waals surface area (Å²) < 4.78 is 5.60. The summed E-state index contributed by atoms with van der Waals surface area (Å²) in [5.74, 6) is 0.410. The topological polar surface area (TPSA) is 84.6 Å². The summed E-state index contributed by atoms with van der Waals surface area (Å²) in [5.41, 5.74) is 6.88. The molecule has 21 heavy (non-hydrogen) atoms. The number of aliphatic hydroxyl groups excluding tert-OH is 1. The Kier molecular flexibility index (Phi) is 6.18. The first-order chi connectivity index (χ1) is 9.72. The zero-order chi connectivity index (χ0) is 16.0. The van der Waals surface area contributed by atoms with Crippen LogP contribution in [-0.4, -0.2) is 36.8 Å². The second-order valence-electron chi connectivity index (χ2n) is 6.11. The Bertz CT molecular complexity index is 486. The first kappa shape index (κ1) is 17.5. The first-order valence-corrected chi connectivity index (χ1v) is 7.11. The molecule has 4 N–H and O–H groups in total. The van der Waals surface area contributed by atoms with Gasteiger partial charge in [-0.25, -0.2) is 0 Å². The zero-order valence-corrected chi connectivity index (χ0v) is 13.3. The van der Waals surface area contributed by atoms with Gasteiger partial charge in [-0.3, -0.25) is 4.79 Å². The van der Waals surface area contributed by atoms with Gasteiger partial charge in [0.2, 0.25) is 5.91 Å². The van der Waals surface area contributed by atoms with Crippen LogP contribution in [0.1, 0.15) is 25.0 Å². The van der Waals surface area contributed by atoms with Crippen LogP contribution in [0.15, 0.2) is 18.2 Å². The minimum Gasteiger partial charge on any atom is -0.491 e. The molecule has 0 saturated heterocycles. The smallest absolute Gasteiger partial charge is 0.224 e. The van der Waals surface area contributed by atoms with Crippen molar-refractivity contribution >= 4 is 5.91 Å². The predicted octanol–water partition coefficient (Wildman–Crippen LogP) is 1.14. The average Bonchev–Trinajstić information content (AvgIpc) is 2.37. The van der Waals surface area contributed by atoms with E-state index in [9.17, 15) is 9.90 Å². The molecule has 1 rings (SSSR count). The lowest BCUT2D eigenvalue weighted by Crippen LogP contribution is -2.43. The van der Waals surface area contributed by atoms with E-state index in [0.717, 1.165) is 11.3 Å². The van der Waals surface area contributed by atoms with Crippen molar-refractivity contribution in [2.24, 2.45) is 11.1 Å². The summed E-state index contributed by atoms with van der Waals surface area (Å²) >= 11 is 0. The van der Waals surface area contributed by atoms with Crippen molar-refractivity contribution in [3.05, 3.63) is 29.3 Å². The van der Waals surface area contributed by atoms with Gasteiger partial charge in [0.05, 0.1) is 5.41 Å². The van der Waals surface area contributed by atoms with Gasteiger partial charge >= 0.3 is 0 Å². The molecule has 0 aliphatic carbocycles. The lowest BCUT2D eigenvalue weighted by molar-refractivity contribution is -0.125. The molecule has 0 heterocycles. The van der Waals surface area contributed by atoms with E-state index in [1.807, 2.05) is 32.0 Å². The van der Waals surface area contributed by atoms with Crippen molar-refractivity contribution in [2.75, 3.05) is 19.7 Å². The Morgan fingerprint density at radius 3 is 2.67 bits per heavy atom. The first-order valence-electron chi connectivity index (χ1n) is 7.11. The van der Waals surface area contributed by atoms with E-state index in [1.165, 1.54) is 5.56 Å². The van der Waals surface area contributed by atoms with Gasteiger partial charge in [0, 0.05) is 13.1 Å². The fourth-order valence-electron chi connectivity index (χ4n) is 1.84. The second kappa shape index (κ2) is 7.43. The Hall–Kier alpha value is -1.59. The number of primary amides is 1. The molecule has 0 aromatic heterocycles. The lowest BCUT2D eigenvalue weighted by Gasteiger charge is -2.22. The van der Waals surface area contributed by atoms with E-state index in [4.69, 9.17) is 10.5 Å². The summed E-state index contributed by atoms with van der Waals surface area (Å²) in [6.07, 6.45) is -0.644. The molecular weight excluding hydrogens is 268 g/mol. The van der Waals surface area contributed by atoms with Crippen LogP contribution in [0, 0.1) is 19.3 Å². The van der Waals surface area contributed by atoms with Crippen molar-refractivity contribution in [1.29, 1.82) is 0 Å². The fraction of sp³-hybridized carbons (Fsp3) is 0.562. The molecule has 1 amide bonds. The molecule has 0 spiro atoms. The van der Waals surface area contributed by atoms with Gasteiger partial charge in [0.25, 0.3) is 0 Å². The summed E-state index contributed by atoms with van der Waals surface area (Å²) in [5, 5.41) is 12.9. The number of benzene rings is 1. The largest absolute Gasteiger partial charge is 0.491 e. The number of nitrogens with two attached hydrogens (primary N) is 1. The Balaban J connectivity index is 2.34. The van der Waals surface area contributed by atoms with Gasteiger partial charge in [-0.2, -0.15) is 0 Å². The molecule has 5 heteroatoms. The predicted molar refractivity (Wildman–Crippen MR) is 83.3 cm³/mol. The van der Waals surface area contributed by atoms with Crippen molar-refractivity contribution in [3.8, 4) is 5.75 Å². The molecule has 5 nitrogen and oxygen atoms in total. The van der Waals surface area contributed by atoms with Crippen LogP contribution in [0.25, 0.3) is 0 Å². The zero-order valence-electron chi connectivity index (χ0n) is 13.3. The van der Waals surface area contributed by atoms with Crippen molar-refractivity contribution in [3.63, 3.8) is 0 Å². The van der Waals surface area contributed by atoms with E-state index in [1.54, 1.807) is 13.8 Å². The second-order valence-corrected chi connectivity index (χ2v) is 6.11. The number of aryl methyl sites for hydroxylation is 2. The number of carbonyl (C=O) groups is 1. The maximum Gasteiger partial charge on any atom is 0.224 e. The van der Waals surface area contributed by atoms with Gasteiger partial charge in [0.1, 0.15) is 18.5 Å². The highest BCUT2D eigenvalue weighted by Gasteiger charge is 2.24. The minimum atomic E-state index is -0.644. The molecule has 118 valence electrons. The molecule has 0 radical (unpaired) electrons. The fourth-order valence-corrected chi connectivity index (χ4v) is 1.84. The molecule has 0 aliphatic heterocycles. The van der Waals surface area contributed by atoms with E-state index < -0.39 is 11.5 Å². The van der Waals surface area contributed by atoms with Crippen LogP contribution < -0.4 is 15.8 Å². The lowest BCUT2D eigenvalue weighted by atomic mass is 9.93. The van der Waals surface area contributed by atoms with Gasteiger partial charge in [-0.05, 0) is 39.3 Å². The van der Waals surface area contributed by atoms with Crippen LogP contribution >= 0.6 is 0 Å². The molecule has 1 aromatic rings. The molecule has 0 aliphatic rings. The summed E-state index contributed by atoms with van der Waals surface area (Å²) in [7, 11) is 0. The van der Waals surface area contributed by atoms with Gasteiger partial charge in [-0.15, -0.1) is 0 Å². The summed E-state index contributed by atoms with van der Waals surface area (Å²) in [4.78, 5) is 11.2. The van der Waals surface area contributed by atoms with Crippen LogP contribution in [-0.2, 0) is 4.79 Å². The maximum absolute atomic E-state index is 11.2. The van der Waals surface area contributed by atoms with Crippen LogP contribution in [0.2, 0.25) is 0 Å². The maximum atomic E-state index is 11.2. The van der Waals surface area contributed by atoms with Crippen LogP contribution in [0.3, 0.4) is 0 Å². The van der Waals surface area contributed by atoms with Crippen molar-refractivity contribution in [1.82, 2.24) is 5.32 Å². The summed E-state index contributed by atoms with van der Waals surface area (Å²) in [6, 6.07) is 5.92. The van der Waals surface area contributed by atoms with E-state index in [-0.39, 0.29) is 12.5 Å². The molecule has 1 aromatic carbocycles. The minimum absolute atomic E-state index is 0.202. The SMILES string of the molecule is Cc1ccc(OCC(O)CNCC(C)(C)C(N)=O)c(C)c1. The Morgan fingerprint density at radius 2 is 2.10 bits per heavy atom. The molecule has 1 atom stereocenters. The van der Waals surface area contributed by atoms with Crippen LogP contribution in [0.4, 0.5) is 0 Å². The normalized spacial score (nSPS) is 13.0. The quantitative estimate of drug-likeness (QED) is 0.671. The highest BCUT2D eigenvalue weighted by molar-refractivity contribution is 5.80. The van der Waals surface area contributed by atoms with Crippen LogP contribution in [0.5, 0.6) is 5.75 Å².